The van der Waals surface area contributed by atoms with E-state index >= 15 is 0 Å². The van der Waals surface area contributed by atoms with E-state index in [1.54, 1.807) is 12.1 Å². The minimum atomic E-state index is -0.207. The maximum Gasteiger partial charge on any atom is 0.248 e. The molecule has 1 heterocycles. The SMILES string of the molecule is C=C(C#N)/N=C/C(=C)c1cc[nH]c(=O)c1. The van der Waals surface area contributed by atoms with E-state index in [1.807, 2.05) is 0 Å². The fourth-order valence-electron chi connectivity index (χ4n) is 0.904. The number of pyridine rings is 1. The third kappa shape index (κ3) is 3.08. The summed E-state index contributed by atoms with van der Waals surface area (Å²) in [5, 5.41) is 8.41. The van der Waals surface area contributed by atoms with Crippen LogP contribution in [0.25, 0.3) is 5.57 Å². The van der Waals surface area contributed by atoms with Crippen molar-refractivity contribution in [1.29, 1.82) is 5.26 Å². The van der Waals surface area contributed by atoms with E-state index in [0.717, 1.165) is 0 Å². The van der Waals surface area contributed by atoms with Crippen molar-refractivity contribution in [2.24, 2.45) is 4.99 Å². The van der Waals surface area contributed by atoms with Gasteiger partial charge in [0.1, 0.15) is 11.8 Å². The number of hydrogen-bond acceptors (Lipinski definition) is 3. The third-order valence-electron chi connectivity index (χ3n) is 1.65. The molecule has 0 spiro atoms. The lowest BCUT2D eigenvalue weighted by Crippen LogP contribution is -2.03. The van der Waals surface area contributed by atoms with E-state index in [-0.39, 0.29) is 11.3 Å². The van der Waals surface area contributed by atoms with E-state index in [9.17, 15) is 4.79 Å². The predicted molar refractivity (Wildman–Crippen MR) is 59.3 cm³/mol. The number of nitrogens with zero attached hydrogens (tertiary/aromatic N) is 2. The Kier molecular flexibility index (Phi) is 3.36. The van der Waals surface area contributed by atoms with Gasteiger partial charge in [-0.2, -0.15) is 5.26 Å². The summed E-state index contributed by atoms with van der Waals surface area (Å²) in [4.78, 5) is 17.2. The molecular formula is C11H9N3O. The molecular weight excluding hydrogens is 190 g/mol. The van der Waals surface area contributed by atoms with Crippen LogP contribution in [-0.4, -0.2) is 11.2 Å². The van der Waals surface area contributed by atoms with Crippen molar-refractivity contribution in [1.82, 2.24) is 4.98 Å². The number of rotatable bonds is 3. The van der Waals surface area contributed by atoms with E-state index in [1.165, 1.54) is 18.5 Å². The normalized spacial score (nSPS) is 9.80. The average molecular weight is 199 g/mol. The predicted octanol–water partition coefficient (Wildman–Crippen LogP) is 1.50. The molecule has 0 saturated carbocycles. The highest BCUT2D eigenvalue weighted by Crippen LogP contribution is 2.06. The van der Waals surface area contributed by atoms with Gasteiger partial charge in [0, 0.05) is 18.5 Å². The van der Waals surface area contributed by atoms with Gasteiger partial charge in [0.2, 0.25) is 5.56 Å². The van der Waals surface area contributed by atoms with Gasteiger partial charge in [0.15, 0.2) is 0 Å². The molecule has 4 heteroatoms. The summed E-state index contributed by atoms with van der Waals surface area (Å²) in [6, 6.07) is 4.89. The Morgan fingerprint density at radius 3 is 2.93 bits per heavy atom. The van der Waals surface area contributed by atoms with Crippen LogP contribution in [0, 0.1) is 11.3 Å². The van der Waals surface area contributed by atoms with E-state index < -0.39 is 0 Å². The largest absolute Gasteiger partial charge is 0.329 e. The summed E-state index contributed by atoms with van der Waals surface area (Å²) < 4.78 is 0. The molecule has 0 radical (unpaired) electrons. The molecule has 0 aliphatic carbocycles. The van der Waals surface area contributed by atoms with Crippen molar-refractivity contribution < 1.29 is 0 Å². The molecule has 4 nitrogen and oxygen atoms in total. The fourth-order valence-corrected chi connectivity index (χ4v) is 0.904. The average Bonchev–Trinajstić information content (AvgIpc) is 2.25. The molecule has 1 N–H and O–H groups in total. The Morgan fingerprint density at radius 2 is 2.33 bits per heavy atom. The van der Waals surface area contributed by atoms with Gasteiger partial charge in [-0.25, -0.2) is 4.99 Å². The van der Waals surface area contributed by atoms with Crippen LogP contribution in [0.15, 0.2) is 47.0 Å². The summed E-state index contributed by atoms with van der Waals surface area (Å²) in [6.07, 6.45) is 2.93. The smallest absolute Gasteiger partial charge is 0.248 e. The Bertz CT molecular complexity index is 517. The van der Waals surface area contributed by atoms with Crippen LogP contribution in [0.2, 0.25) is 0 Å². The lowest BCUT2D eigenvalue weighted by molar-refractivity contribution is 1.23. The summed E-state index contributed by atoms with van der Waals surface area (Å²) in [7, 11) is 0. The van der Waals surface area contributed by atoms with Crippen molar-refractivity contribution in [3.63, 3.8) is 0 Å². The summed E-state index contributed by atoms with van der Waals surface area (Å²) in [5.41, 5.74) is 1.10. The molecule has 0 bridgehead atoms. The maximum atomic E-state index is 11.0. The number of nitrogens with one attached hydrogen (secondary N) is 1. The Labute approximate surface area is 86.9 Å². The van der Waals surface area contributed by atoms with Gasteiger partial charge in [0.25, 0.3) is 0 Å². The quantitative estimate of drug-likeness (QED) is 0.592. The number of aliphatic imine (C=N–C) groups is 1. The molecule has 74 valence electrons. The number of aromatic nitrogens is 1. The molecule has 1 rings (SSSR count). The van der Waals surface area contributed by atoms with Gasteiger partial charge >= 0.3 is 0 Å². The van der Waals surface area contributed by atoms with E-state index in [0.29, 0.717) is 11.1 Å². The lowest BCUT2D eigenvalue weighted by atomic mass is 10.1. The second-order valence-electron chi connectivity index (χ2n) is 2.78. The second-order valence-corrected chi connectivity index (χ2v) is 2.78. The molecule has 1 aromatic rings. The monoisotopic (exact) mass is 199 g/mol. The zero-order valence-corrected chi connectivity index (χ0v) is 8.03. The summed E-state index contributed by atoms with van der Waals surface area (Å²) >= 11 is 0. The summed E-state index contributed by atoms with van der Waals surface area (Å²) in [6.45, 7) is 7.11. The second kappa shape index (κ2) is 4.72. The minimum absolute atomic E-state index is 0.0981. The molecule has 0 aliphatic heterocycles. The molecule has 0 aliphatic rings. The first kappa shape index (κ1) is 10.7. The number of aromatic amines is 1. The zero-order valence-electron chi connectivity index (χ0n) is 8.03. The van der Waals surface area contributed by atoms with E-state index in [4.69, 9.17) is 5.26 Å². The minimum Gasteiger partial charge on any atom is -0.329 e. The first-order chi connectivity index (χ1) is 7.13. The first-order valence-electron chi connectivity index (χ1n) is 4.14. The van der Waals surface area contributed by atoms with Crippen LogP contribution < -0.4 is 5.56 Å². The van der Waals surface area contributed by atoms with Gasteiger partial charge in [-0.3, -0.25) is 4.79 Å². The summed E-state index contributed by atoms with van der Waals surface area (Å²) in [5.74, 6) is 0. The van der Waals surface area contributed by atoms with Gasteiger partial charge in [-0.05, 0) is 17.2 Å². The highest BCUT2D eigenvalue weighted by molar-refractivity contribution is 6.09. The Balaban J connectivity index is 2.88. The van der Waals surface area contributed by atoms with Gasteiger partial charge in [-0.1, -0.05) is 13.2 Å². The molecule has 0 aromatic carbocycles. The number of nitriles is 1. The van der Waals surface area contributed by atoms with Crippen LogP contribution in [0.4, 0.5) is 0 Å². The van der Waals surface area contributed by atoms with Gasteiger partial charge < -0.3 is 4.98 Å². The fraction of sp³-hybridized carbons (Fsp3) is 0. The van der Waals surface area contributed by atoms with Crippen LogP contribution in [0.3, 0.4) is 0 Å². The highest BCUT2D eigenvalue weighted by Gasteiger charge is 1.96. The van der Waals surface area contributed by atoms with Crippen molar-refractivity contribution in [3.05, 3.63) is 53.1 Å². The van der Waals surface area contributed by atoms with Crippen molar-refractivity contribution >= 4 is 11.8 Å². The standard InChI is InChI=1S/C11H9N3O/c1-8(7-14-9(2)6-12)10-3-4-13-11(15)5-10/h3-5,7H,1-2H2,(H,13,15)/b14-7+. The Morgan fingerprint density at radius 1 is 1.60 bits per heavy atom. The van der Waals surface area contributed by atoms with Crippen molar-refractivity contribution in [2.75, 3.05) is 0 Å². The van der Waals surface area contributed by atoms with E-state index in [2.05, 4.69) is 23.1 Å². The third-order valence-corrected chi connectivity index (χ3v) is 1.65. The first-order valence-corrected chi connectivity index (χ1v) is 4.14. The van der Waals surface area contributed by atoms with Crippen LogP contribution in [-0.2, 0) is 0 Å². The molecule has 0 amide bonds. The van der Waals surface area contributed by atoms with Crippen LogP contribution in [0.5, 0.6) is 0 Å². The molecule has 0 atom stereocenters. The Hall–Kier alpha value is -2.41. The van der Waals surface area contributed by atoms with Crippen molar-refractivity contribution in [3.8, 4) is 6.07 Å². The topological polar surface area (TPSA) is 69.0 Å². The van der Waals surface area contributed by atoms with Crippen LogP contribution in [0.1, 0.15) is 5.56 Å². The number of H-pyrrole nitrogens is 1. The van der Waals surface area contributed by atoms with Gasteiger partial charge in [0.05, 0.1) is 0 Å². The molecule has 1 aromatic heterocycles. The maximum absolute atomic E-state index is 11.0. The molecule has 0 saturated heterocycles. The molecule has 15 heavy (non-hydrogen) atoms. The van der Waals surface area contributed by atoms with Crippen molar-refractivity contribution in [2.45, 2.75) is 0 Å². The zero-order chi connectivity index (χ0) is 11.3. The molecule has 0 unspecified atom stereocenters. The van der Waals surface area contributed by atoms with Crippen LogP contribution >= 0.6 is 0 Å². The molecule has 0 fully saturated rings. The van der Waals surface area contributed by atoms with Gasteiger partial charge in [-0.15, -0.1) is 0 Å². The number of hydrogen-bond donors (Lipinski definition) is 1. The number of allylic oxidation sites excluding steroid dienone is 2. The lowest BCUT2D eigenvalue weighted by Gasteiger charge is -1.97. The highest BCUT2D eigenvalue weighted by atomic mass is 16.1.